The number of hydrogen-bond donors (Lipinski definition) is 2. The minimum atomic E-state index is -1.49. The molecule has 114 valence electrons. The third kappa shape index (κ3) is 4.04. The third-order valence-corrected chi connectivity index (χ3v) is 4.23. The van der Waals surface area contributed by atoms with Crippen molar-refractivity contribution in [3.8, 4) is 0 Å². The van der Waals surface area contributed by atoms with E-state index in [0.29, 0.717) is 25.9 Å². The van der Waals surface area contributed by atoms with Crippen molar-refractivity contribution >= 4 is 27.7 Å². The van der Waals surface area contributed by atoms with Crippen LogP contribution in [0.25, 0.3) is 0 Å². The molecule has 0 spiro atoms. The molecule has 0 aliphatic carbocycles. The molecule has 0 saturated carbocycles. The van der Waals surface area contributed by atoms with Crippen molar-refractivity contribution in [1.82, 2.24) is 10.2 Å². The number of benzene rings is 1. The molecule has 0 aromatic heterocycles. The molecule has 1 heterocycles. The van der Waals surface area contributed by atoms with Gasteiger partial charge in [-0.2, -0.15) is 0 Å². The average Bonchev–Trinajstić information content (AvgIpc) is 2.46. The fourth-order valence-electron chi connectivity index (χ4n) is 2.44. The van der Waals surface area contributed by atoms with Crippen molar-refractivity contribution in [3.63, 3.8) is 0 Å². The molecule has 5 nitrogen and oxygen atoms in total. The number of rotatable bonds is 3. The van der Waals surface area contributed by atoms with E-state index in [1.54, 1.807) is 0 Å². The van der Waals surface area contributed by atoms with Gasteiger partial charge in [-0.05, 0) is 30.5 Å². The highest BCUT2D eigenvalue weighted by Crippen LogP contribution is 2.21. The SMILES string of the molecule is CC(=O)N1CCC[C@@](O)(C(=O)NCc2ccc(Br)cc2)C1. The molecule has 2 amide bonds. The number of nitrogens with zero attached hydrogens (tertiary/aromatic N) is 1. The normalized spacial score (nSPS) is 22.0. The molecule has 1 aromatic rings. The average molecular weight is 355 g/mol. The number of aliphatic hydroxyl groups is 1. The summed E-state index contributed by atoms with van der Waals surface area (Å²) in [6.45, 7) is 2.46. The van der Waals surface area contributed by atoms with Crippen molar-refractivity contribution in [1.29, 1.82) is 0 Å². The van der Waals surface area contributed by atoms with Crippen LogP contribution in [0.5, 0.6) is 0 Å². The Morgan fingerprint density at radius 2 is 2.05 bits per heavy atom. The first-order valence-electron chi connectivity index (χ1n) is 6.91. The second kappa shape index (κ2) is 6.58. The lowest BCUT2D eigenvalue weighted by Crippen LogP contribution is -2.57. The molecule has 2 rings (SSSR count). The number of carbonyl (C=O) groups is 2. The number of likely N-dealkylation sites (tertiary alicyclic amines) is 1. The quantitative estimate of drug-likeness (QED) is 0.862. The summed E-state index contributed by atoms with van der Waals surface area (Å²) in [6, 6.07) is 7.59. The summed E-state index contributed by atoms with van der Waals surface area (Å²) in [7, 11) is 0. The lowest BCUT2D eigenvalue weighted by atomic mass is 9.91. The van der Waals surface area contributed by atoms with Gasteiger partial charge in [0.2, 0.25) is 5.91 Å². The van der Waals surface area contributed by atoms with Gasteiger partial charge in [0.1, 0.15) is 0 Å². The zero-order valence-corrected chi connectivity index (χ0v) is 13.5. The Labute approximate surface area is 132 Å². The molecule has 0 bridgehead atoms. The molecule has 6 heteroatoms. The molecule has 1 atom stereocenters. The first-order chi connectivity index (χ1) is 9.90. The number of β-amino-alcohol motifs (C(OH)–C–C–N with tert-alkyl or cyclic N) is 1. The van der Waals surface area contributed by atoms with Crippen LogP contribution in [0.1, 0.15) is 25.3 Å². The van der Waals surface area contributed by atoms with Crippen molar-refractivity contribution in [2.24, 2.45) is 0 Å². The van der Waals surface area contributed by atoms with Gasteiger partial charge in [0, 0.05) is 24.5 Å². The van der Waals surface area contributed by atoms with E-state index in [1.165, 1.54) is 11.8 Å². The molecule has 1 aromatic carbocycles. The van der Waals surface area contributed by atoms with Crippen LogP contribution < -0.4 is 5.32 Å². The topological polar surface area (TPSA) is 69.6 Å². The third-order valence-electron chi connectivity index (χ3n) is 3.71. The number of amides is 2. The fraction of sp³-hybridized carbons (Fsp3) is 0.467. The monoisotopic (exact) mass is 354 g/mol. The van der Waals surface area contributed by atoms with Gasteiger partial charge in [-0.3, -0.25) is 9.59 Å². The van der Waals surface area contributed by atoms with E-state index < -0.39 is 11.5 Å². The minimum absolute atomic E-state index is 0.0640. The Balaban J connectivity index is 1.95. The van der Waals surface area contributed by atoms with Gasteiger partial charge >= 0.3 is 0 Å². The molecular weight excluding hydrogens is 336 g/mol. The largest absolute Gasteiger partial charge is 0.378 e. The van der Waals surface area contributed by atoms with Crippen LogP contribution in [0.2, 0.25) is 0 Å². The number of piperidine rings is 1. The Kier molecular flexibility index (Phi) is 5.00. The van der Waals surface area contributed by atoms with Gasteiger partial charge in [0.15, 0.2) is 5.60 Å². The van der Waals surface area contributed by atoms with Crippen molar-refractivity contribution in [2.75, 3.05) is 13.1 Å². The van der Waals surface area contributed by atoms with E-state index in [-0.39, 0.29) is 12.5 Å². The molecular formula is C15H19BrN2O3. The maximum absolute atomic E-state index is 12.2. The fourth-order valence-corrected chi connectivity index (χ4v) is 2.70. The first-order valence-corrected chi connectivity index (χ1v) is 7.71. The maximum Gasteiger partial charge on any atom is 0.254 e. The predicted molar refractivity (Wildman–Crippen MR) is 82.4 cm³/mol. The van der Waals surface area contributed by atoms with Crippen molar-refractivity contribution in [2.45, 2.75) is 31.9 Å². The van der Waals surface area contributed by atoms with Gasteiger partial charge in [-0.15, -0.1) is 0 Å². The number of nitrogens with one attached hydrogen (secondary N) is 1. The molecule has 1 saturated heterocycles. The lowest BCUT2D eigenvalue weighted by Gasteiger charge is -2.37. The molecule has 21 heavy (non-hydrogen) atoms. The second-order valence-electron chi connectivity index (χ2n) is 5.38. The molecule has 1 fully saturated rings. The van der Waals surface area contributed by atoms with E-state index >= 15 is 0 Å². The highest BCUT2D eigenvalue weighted by Gasteiger charge is 2.40. The summed E-state index contributed by atoms with van der Waals surface area (Å²) in [4.78, 5) is 25.1. The summed E-state index contributed by atoms with van der Waals surface area (Å²) >= 11 is 3.35. The maximum atomic E-state index is 12.2. The molecule has 1 aliphatic rings. The molecule has 0 unspecified atom stereocenters. The highest BCUT2D eigenvalue weighted by atomic mass is 79.9. The van der Waals surface area contributed by atoms with Crippen LogP contribution in [0, 0.1) is 0 Å². The Morgan fingerprint density at radius 1 is 1.38 bits per heavy atom. The summed E-state index contributed by atoms with van der Waals surface area (Å²) in [6.07, 6.45) is 1.00. The Hall–Kier alpha value is -1.40. The Morgan fingerprint density at radius 3 is 2.67 bits per heavy atom. The minimum Gasteiger partial charge on any atom is -0.378 e. The van der Waals surface area contributed by atoms with Crippen LogP contribution in [0.3, 0.4) is 0 Å². The highest BCUT2D eigenvalue weighted by molar-refractivity contribution is 9.10. The Bertz CT molecular complexity index is 532. The number of hydrogen-bond acceptors (Lipinski definition) is 3. The van der Waals surface area contributed by atoms with Crippen molar-refractivity contribution < 1.29 is 14.7 Å². The van der Waals surface area contributed by atoms with Gasteiger partial charge in [0.25, 0.3) is 5.91 Å². The summed E-state index contributed by atoms with van der Waals surface area (Å²) in [5, 5.41) is 13.2. The van der Waals surface area contributed by atoms with E-state index in [2.05, 4.69) is 21.2 Å². The van der Waals surface area contributed by atoms with E-state index in [1.807, 2.05) is 24.3 Å². The summed E-state index contributed by atoms with van der Waals surface area (Å²) in [5.74, 6) is -0.537. The zero-order valence-electron chi connectivity index (χ0n) is 11.9. The van der Waals surface area contributed by atoms with E-state index in [0.717, 1.165) is 10.0 Å². The molecule has 2 N–H and O–H groups in total. The van der Waals surface area contributed by atoms with E-state index in [4.69, 9.17) is 0 Å². The zero-order chi connectivity index (χ0) is 15.5. The van der Waals surface area contributed by atoms with Gasteiger partial charge in [-0.1, -0.05) is 28.1 Å². The van der Waals surface area contributed by atoms with Crippen molar-refractivity contribution in [3.05, 3.63) is 34.3 Å². The molecule has 0 radical (unpaired) electrons. The van der Waals surface area contributed by atoms with Gasteiger partial charge < -0.3 is 15.3 Å². The summed E-state index contributed by atoms with van der Waals surface area (Å²) < 4.78 is 0.973. The lowest BCUT2D eigenvalue weighted by molar-refractivity contribution is -0.150. The number of carbonyl (C=O) groups excluding carboxylic acids is 2. The summed E-state index contributed by atoms with van der Waals surface area (Å²) in [5.41, 5.74) is -0.534. The van der Waals surface area contributed by atoms with Crippen LogP contribution in [-0.2, 0) is 16.1 Å². The van der Waals surface area contributed by atoms with Gasteiger partial charge in [0.05, 0.1) is 6.54 Å². The van der Waals surface area contributed by atoms with Crippen LogP contribution in [0.15, 0.2) is 28.7 Å². The van der Waals surface area contributed by atoms with E-state index in [9.17, 15) is 14.7 Å². The van der Waals surface area contributed by atoms with Gasteiger partial charge in [-0.25, -0.2) is 0 Å². The molecule has 1 aliphatic heterocycles. The van der Waals surface area contributed by atoms with Crippen LogP contribution in [-0.4, -0.2) is 40.5 Å². The predicted octanol–water partition coefficient (Wildman–Crippen LogP) is 1.44. The second-order valence-corrected chi connectivity index (χ2v) is 6.30. The standard InChI is InChI=1S/C15H19BrN2O3/c1-11(19)18-8-2-7-15(21,10-18)14(20)17-9-12-3-5-13(16)6-4-12/h3-6,21H,2,7-10H2,1H3,(H,17,20)/t15-/m0/s1. The van der Waals surface area contributed by atoms with Crippen LogP contribution in [0.4, 0.5) is 0 Å². The number of halogens is 1. The smallest absolute Gasteiger partial charge is 0.254 e. The van der Waals surface area contributed by atoms with Crippen LogP contribution >= 0.6 is 15.9 Å². The first kappa shape index (κ1) is 16.0.